The lowest BCUT2D eigenvalue weighted by molar-refractivity contribution is -0.156. The Bertz CT molecular complexity index is 1350. The Morgan fingerprint density at radius 2 is 1.57 bits per heavy atom. The maximum Gasteiger partial charge on any atom is 0.323 e. The summed E-state index contributed by atoms with van der Waals surface area (Å²) in [5, 5.41) is 0. The van der Waals surface area contributed by atoms with Crippen LogP contribution >= 0.6 is 0 Å². The van der Waals surface area contributed by atoms with E-state index in [1.807, 2.05) is 42.5 Å². The number of carbonyl (C=O) groups excluding carboxylic acids is 2. The second-order valence-electron chi connectivity index (χ2n) is 9.39. The third-order valence-corrected chi connectivity index (χ3v) is 7.47. The zero-order valence-electron chi connectivity index (χ0n) is 21.2. The van der Waals surface area contributed by atoms with Crippen molar-refractivity contribution < 1.29 is 19.1 Å². The van der Waals surface area contributed by atoms with Gasteiger partial charge in [0.25, 0.3) is 0 Å². The first-order valence-electron chi connectivity index (χ1n) is 12.6. The zero-order chi connectivity index (χ0) is 25.8. The molecular formula is C32H31NO4. The van der Waals surface area contributed by atoms with Gasteiger partial charge in [-0.25, -0.2) is 0 Å². The van der Waals surface area contributed by atoms with Gasteiger partial charge in [0.2, 0.25) is 0 Å². The van der Waals surface area contributed by atoms with Crippen molar-refractivity contribution in [3.05, 3.63) is 125 Å². The average Bonchev–Trinajstić information content (AvgIpc) is 3.26. The lowest BCUT2D eigenvalue weighted by atomic mass is 9.74. The van der Waals surface area contributed by atoms with Crippen molar-refractivity contribution in [2.75, 3.05) is 14.2 Å². The first-order valence-corrected chi connectivity index (χ1v) is 12.6. The minimum atomic E-state index is -0.872. The standard InChI is InChI=1S/C32H31NO4/c1-36-30(34)21-29(31(35)37-2)33(22-23-13-5-3-6-14-23)32(24-15-7-4-8-16-24)27-19-11-9-17-25(27)26-18-10-12-20-28(26)32/h3-11,13-19,29H,12,20-22H2,1-2H3/t29-,32?/m0/s1. The molecule has 0 spiro atoms. The van der Waals surface area contributed by atoms with E-state index in [0.717, 1.165) is 35.1 Å². The highest BCUT2D eigenvalue weighted by molar-refractivity contribution is 5.89. The number of esters is 2. The second kappa shape index (κ2) is 10.6. The summed E-state index contributed by atoms with van der Waals surface area (Å²) >= 11 is 0. The van der Waals surface area contributed by atoms with E-state index in [1.165, 1.54) is 25.4 Å². The molecule has 0 amide bonds. The number of nitrogens with zero attached hydrogens (tertiary/aromatic N) is 1. The SMILES string of the molecule is COC(=O)C[C@@H](C(=O)OC)N(Cc1ccccc1)C1(c2ccccc2)C2=C(C=CCC2)c2ccccc21. The van der Waals surface area contributed by atoms with Crippen molar-refractivity contribution in [2.45, 2.75) is 37.4 Å². The summed E-state index contributed by atoms with van der Waals surface area (Å²) in [6, 6.07) is 27.9. The van der Waals surface area contributed by atoms with Crippen LogP contribution in [-0.2, 0) is 31.1 Å². The third-order valence-electron chi connectivity index (χ3n) is 7.47. The molecule has 2 atom stereocenters. The molecule has 0 fully saturated rings. The van der Waals surface area contributed by atoms with Crippen LogP contribution in [0, 0.1) is 0 Å². The summed E-state index contributed by atoms with van der Waals surface area (Å²) in [7, 11) is 2.72. The molecule has 5 rings (SSSR count). The highest BCUT2D eigenvalue weighted by Gasteiger charge is 2.53. The molecular weight excluding hydrogens is 462 g/mol. The van der Waals surface area contributed by atoms with E-state index >= 15 is 0 Å². The van der Waals surface area contributed by atoms with Gasteiger partial charge in [-0.05, 0) is 46.2 Å². The number of carbonyl (C=O) groups is 2. The normalized spacial score (nSPS) is 18.8. The molecule has 37 heavy (non-hydrogen) atoms. The summed E-state index contributed by atoms with van der Waals surface area (Å²) in [6.45, 7) is 0.432. The first kappa shape index (κ1) is 24.7. The maximum atomic E-state index is 13.5. The fourth-order valence-corrected chi connectivity index (χ4v) is 5.93. The zero-order valence-corrected chi connectivity index (χ0v) is 21.2. The molecule has 0 aliphatic heterocycles. The third kappa shape index (κ3) is 4.30. The van der Waals surface area contributed by atoms with Crippen molar-refractivity contribution in [1.82, 2.24) is 4.90 Å². The number of rotatable bonds is 8. The van der Waals surface area contributed by atoms with E-state index in [9.17, 15) is 9.59 Å². The van der Waals surface area contributed by atoms with E-state index in [4.69, 9.17) is 9.47 Å². The van der Waals surface area contributed by atoms with Gasteiger partial charge >= 0.3 is 11.9 Å². The Morgan fingerprint density at radius 3 is 2.27 bits per heavy atom. The highest BCUT2D eigenvalue weighted by Crippen LogP contribution is 2.56. The number of ether oxygens (including phenoxy) is 2. The summed E-state index contributed by atoms with van der Waals surface area (Å²) in [4.78, 5) is 28.4. The van der Waals surface area contributed by atoms with Crippen LogP contribution in [-0.4, -0.2) is 37.1 Å². The van der Waals surface area contributed by atoms with Crippen molar-refractivity contribution in [2.24, 2.45) is 0 Å². The van der Waals surface area contributed by atoms with E-state index in [-0.39, 0.29) is 6.42 Å². The molecule has 2 aliphatic rings. The summed E-state index contributed by atoms with van der Waals surface area (Å²) < 4.78 is 10.4. The monoisotopic (exact) mass is 493 g/mol. The van der Waals surface area contributed by atoms with Crippen molar-refractivity contribution in [3.8, 4) is 0 Å². The number of fused-ring (bicyclic) bond motifs is 2. The predicted octanol–water partition coefficient (Wildman–Crippen LogP) is 5.65. The van der Waals surface area contributed by atoms with Crippen molar-refractivity contribution >= 4 is 17.5 Å². The molecule has 2 aliphatic carbocycles. The number of hydrogen-bond donors (Lipinski definition) is 0. The van der Waals surface area contributed by atoms with E-state index in [0.29, 0.717) is 6.54 Å². The minimum absolute atomic E-state index is 0.120. The van der Waals surface area contributed by atoms with E-state index in [1.54, 1.807) is 0 Å². The molecule has 188 valence electrons. The van der Waals surface area contributed by atoms with E-state index in [2.05, 4.69) is 59.5 Å². The van der Waals surface area contributed by atoms with Gasteiger partial charge in [-0.1, -0.05) is 97.1 Å². The lowest BCUT2D eigenvalue weighted by Gasteiger charge is -2.48. The molecule has 0 heterocycles. The number of benzene rings is 3. The van der Waals surface area contributed by atoms with Crippen LogP contribution in [0.1, 0.15) is 41.5 Å². The van der Waals surface area contributed by atoms with Gasteiger partial charge in [-0.15, -0.1) is 0 Å². The smallest absolute Gasteiger partial charge is 0.323 e. The van der Waals surface area contributed by atoms with Crippen molar-refractivity contribution in [1.29, 1.82) is 0 Å². The van der Waals surface area contributed by atoms with Gasteiger partial charge < -0.3 is 9.47 Å². The van der Waals surface area contributed by atoms with Gasteiger partial charge in [0.1, 0.15) is 6.04 Å². The Labute approximate surface area is 218 Å². The second-order valence-corrected chi connectivity index (χ2v) is 9.39. The van der Waals surface area contributed by atoms with Crippen LogP contribution in [0.2, 0.25) is 0 Å². The highest BCUT2D eigenvalue weighted by atomic mass is 16.5. The van der Waals surface area contributed by atoms with Gasteiger partial charge in [0.05, 0.1) is 26.2 Å². The summed E-state index contributed by atoms with van der Waals surface area (Å²) in [5.74, 6) is -0.921. The minimum Gasteiger partial charge on any atom is -0.469 e. The molecule has 0 radical (unpaired) electrons. The van der Waals surface area contributed by atoms with Crippen LogP contribution in [0.4, 0.5) is 0 Å². The molecule has 3 aromatic carbocycles. The van der Waals surface area contributed by atoms with Crippen LogP contribution < -0.4 is 0 Å². The Hall–Kier alpha value is -3.96. The molecule has 5 heteroatoms. The van der Waals surface area contributed by atoms with E-state index < -0.39 is 23.5 Å². The Balaban J connectivity index is 1.84. The molecule has 0 aromatic heterocycles. The Morgan fingerprint density at radius 1 is 0.892 bits per heavy atom. The average molecular weight is 494 g/mol. The topological polar surface area (TPSA) is 55.8 Å². The largest absolute Gasteiger partial charge is 0.469 e. The summed E-state index contributed by atoms with van der Waals surface area (Å²) in [6.07, 6.45) is 6.04. The predicted molar refractivity (Wildman–Crippen MR) is 143 cm³/mol. The van der Waals surface area contributed by atoms with Crippen LogP contribution in [0.5, 0.6) is 0 Å². The lowest BCUT2D eigenvalue weighted by Crippen LogP contribution is -2.55. The quantitative estimate of drug-likeness (QED) is 0.380. The maximum absolute atomic E-state index is 13.5. The fourth-order valence-electron chi connectivity index (χ4n) is 5.93. The molecule has 0 bridgehead atoms. The molecule has 0 saturated carbocycles. The molecule has 0 N–H and O–H groups in total. The van der Waals surface area contributed by atoms with Gasteiger partial charge in [-0.3, -0.25) is 14.5 Å². The van der Waals surface area contributed by atoms with Crippen LogP contribution in [0.25, 0.3) is 5.57 Å². The van der Waals surface area contributed by atoms with Gasteiger partial charge in [0, 0.05) is 6.54 Å². The fraction of sp³-hybridized carbons (Fsp3) is 0.250. The van der Waals surface area contributed by atoms with Crippen LogP contribution in [0.3, 0.4) is 0 Å². The molecule has 0 saturated heterocycles. The molecule has 3 aromatic rings. The van der Waals surface area contributed by atoms with Gasteiger partial charge in [-0.2, -0.15) is 0 Å². The Kier molecular flexibility index (Phi) is 7.06. The van der Waals surface area contributed by atoms with Crippen LogP contribution in [0.15, 0.2) is 103 Å². The number of methoxy groups -OCH3 is 2. The summed E-state index contributed by atoms with van der Waals surface area (Å²) in [5.41, 5.74) is 5.99. The first-order chi connectivity index (χ1) is 18.1. The van der Waals surface area contributed by atoms with Gasteiger partial charge in [0.15, 0.2) is 0 Å². The number of allylic oxidation sites excluding steroid dienone is 3. The van der Waals surface area contributed by atoms with Crippen molar-refractivity contribution in [3.63, 3.8) is 0 Å². The molecule has 5 nitrogen and oxygen atoms in total. The molecule has 1 unspecified atom stereocenters. The number of hydrogen-bond acceptors (Lipinski definition) is 5.